The van der Waals surface area contributed by atoms with Crippen LogP contribution in [0.3, 0.4) is 0 Å². The third-order valence-electron chi connectivity index (χ3n) is 3.32. The Morgan fingerprint density at radius 1 is 1.27 bits per heavy atom. The molecule has 0 aromatic heterocycles. The van der Waals surface area contributed by atoms with E-state index in [2.05, 4.69) is 5.32 Å². The Kier molecular flexibility index (Phi) is 7.30. The van der Waals surface area contributed by atoms with E-state index < -0.39 is 11.7 Å². The number of anilines is 1. The maximum absolute atomic E-state index is 13.6. The van der Waals surface area contributed by atoms with Gasteiger partial charge in [0.05, 0.1) is 24.4 Å². The highest BCUT2D eigenvalue weighted by molar-refractivity contribution is 6.32. The van der Waals surface area contributed by atoms with E-state index in [0.29, 0.717) is 33.7 Å². The van der Waals surface area contributed by atoms with Gasteiger partial charge in [0.15, 0.2) is 11.5 Å². The van der Waals surface area contributed by atoms with Gasteiger partial charge in [-0.2, -0.15) is 0 Å². The molecule has 1 amide bonds. The quantitative estimate of drug-likeness (QED) is 0.620. The third kappa shape index (κ3) is 5.38. The van der Waals surface area contributed by atoms with Crippen LogP contribution in [0.25, 0.3) is 6.08 Å². The van der Waals surface area contributed by atoms with Crippen LogP contribution in [0.15, 0.2) is 36.4 Å². The minimum absolute atomic E-state index is 0.00563. The van der Waals surface area contributed by atoms with Crippen molar-refractivity contribution in [2.24, 2.45) is 0 Å². The second-order valence-electron chi connectivity index (χ2n) is 5.33. The van der Waals surface area contributed by atoms with E-state index in [1.807, 2.05) is 6.92 Å². The molecule has 0 bridgehead atoms. The number of amides is 1. The second kappa shape index (κ2) is 9.46. The normalized spacial score (nSPS) is 10.8. The Hall–Kier alpha value is -2.24. The summed E-state index contributed by atoms with van der Waals surface area (Å²) in [6.07, 6.45) is 3.63. The average molecular weight is 398 g/mol. The summed E-state index contributed by atoms with van der Waals surface area (Å²) in [5.41, 5.74) is 0.642. The number of carbonyl (C=O) groups excluding carboxylic acids is 1. The lowest BCUT2D eigenvalue weighted by Gasteiger charge is -2.12. The molecule has 1 N–H and O–H groups in total. The van der Waals surface area contributed by atoms with E-state index in [1.54, 1.807) is 12.1 Å². The molecular weight excluding hydrogens is 380 g/mol. The van der Waals surface area contributed by atoms with Crippen molar-refractivity contribution in [3.63, 3.8) is 0 Å². The van der Waals surface area contributed by atoms with E-state index in [0.717, 1.165) is 6.42 Å². The SMILES string of the molecule is CCCOc1c(Cl)cc(/C=C/C(=O)Nc2cc(Cl)ccc2F)cc1OC. The van der Waals surface area contributed by atoms with Crippen molar-refractivity contribution in [3.05, 3.63) is 57.8 Å². The number of rotatable bonds is 7. The standard InChI is InChI=1S/C19H18Cl2FNO3/c1-3-8-26-19-14(21)9-12(10-17(19)25-2)4-7-18(24)23-16-11-13(20)5-6-15(16)22/h4-7,9-11H,3,8H2,1-2H3,(H,23,24)/b7-4+. The zero-order valence-electron chi connectivity index (χ0n) is 14.3. The molecule has 0 atom stereocenters. The summed E-state index contributed by atoms with van der Waals surface area (Å²) in [6.45, 7) is 2.50. The van der Waals surface area contributed by atoms with Gasteiger partial charge in [-0.15, -0.1) is 0 Å². The van der Waals surface area contributed by atoms with Crippen LogP contribution in [0.5, 0.6) is 11.5 Å². The number of halogens is 3. The molecule has 0 aliphatic heterocycles. The highest BCUT2D eigenvalue weighted by Crippen LogP contribution is 2.36. The number of benzene rings is 2. The van der Waals surface area contributed by atoms with Gasteiger partial charge in [0.2, 0.25) is 5.91 Å². The summed E-state index contributed by atoms with van der Waals surface area (Å²) in [6, 6.07) is 7.27. The second-order valence-corrected chi connectivity index (χ2v) is 6.17. The topological polar surface area (TPSA) is 47.6 Å². The minimum atomic E-state index is -0.571. The minimum Gasteiger partial charge on any atom is -0.493 e. The first-order valence-electron chi connectivity index (χ1n) is 7.89. The molecule has 2 aromatic carbocycles. The zero-order valence-corrected chi connectivity index (χ0v) is 15.8. The van der Waals surface area contributed by atoms with Crippen molar-refractivity contribution in [3.8, 4) is 11.5 Å². The fourth-order valence-corrected chi connectivity index (χ4v) is 2.57. The van der Waals surface area contributed by atoms with Gasteiger partial charge in [0.25, 0.3) is 0 Å². The van der Waals surface area contributed by atoms with Gasteiger partial charge in [-0.25, -0.2) is 4.39 Å². The van der Waals surface area contributed by atoms with Crippen molar-refractivity contribution >= 4 is 40.9 Å². The summed E-state index contributed by atoms with van der Waals surface area (Å²) < 4.78 is 24.5. The van der Waals surface area contributed by atoms with Gasteiger partial charge >= 0.3 is 0 Å². The maximum Gasteiger partial charge on any atom is 0.248 e. The Morgan fingerprint density at radius 2 is 2.04 bits per heavy atom. The number of nitrogens with one attached hydrogen (secondary N) is 1. The van der Waals surface area contributed by atoms with Gasteiger partial charge in [-0.1, -0.05) is 30.1 Å². The highest BCUT2D eigenvalue weighted by Gasteiger charge is 2.11. The lowest BCUT2D eigenvalue weighted by atomic mass is 10.2. The van der Waals surface area contributed by atoms with Crippen LogP contribution in [-0.2, 0) is 4.79 Å². The highest BCUT2D eigenvalue weighted by atomic mass is 35.5. The van der Waals surface area contributed by atoms with Crippen molar-refractivity contribution < 1.29 is 18.7 Å². The molecule has 26 heavy (non-hydrogen) atoms. The van der Waals surface area contributed by atoms with E-state index in [9.17, 15) is 9.18 Å². The van der Waals surface area contributed by atoms with Crippen molar-refractivity contribution in [2.45, 2.75) is 13.3 Å². The van der Waals surface area contributed by atoms with Crippen LogP contribution in [0.4, 0.5) is 10.1 Å². The molecule has 0 aliphatic rings. The first-order chi connectivity index (χ1) is 12.4. The Balaban J connectivity index is 2.15. The van der Waals surface area contributed by atoms with Gasteiger partial charge < -0.3 is 14.8 Å². The molecule has 0 aliphatic carbocycles. The van der Waals surface area contributed by atoms with Gasteiger partial charge in [-0.3, -0.25) is 4.79 Å². The summed E-state index contributed by atoms with van der Waals surface area (Å²) in [5.74, 6) is -0.156. The van der Waals surface area contributed by atoms with Gasteiger partial charge in [-0.05, 0) is 48.4 Å². The molecule has 0 fully saturated rings. The van der Waals surface area contributed by atoms with Gasteiger partial charge in [0.1, 0.15) is 5.82 Å². The van der Waals surface area contributed by atoms with Crippen LogP contribution in [-0.4, -0.2) is 19.6 Å². The number of carbonyl (C=O) groups is 1. The van der Waals surface area contributed by atoms with Crippen molar-refractivity contribution in [1.82, 2.24) is 0 Å². The van der Waals surface area contributed by atoms with E-state index in [4.69, 9.17) is 32.7 Å². The summed E-state index contributed by atoms with van der Waals surface area (Å²) in [4.78, 5) is 12.0. The number of hydrogen-bond acceptors (Lipinski definition) is 3. The van der Waals surface area contributed by atoms with Crippen LogP contribution in [0, 0.1) is 5.82 Å². The predicted octanol–water partition coefficient (Wildman–Crippen LogP) is 5.58. The molecule has 7 heteroatoms. The Labute approximate surface area is 161 Å². The van der Waals surface area contributed by atoms with Crippen LogP contribution in [0.1, 0.15) is 18.9 Å². The molecular formula is C19H18Cl2FNO3. The molecule has 2 aromatic rings. The predicted molar refractivity (Wildman–Crippen MR) is 103 cm³/mol. The lowest BCUT2D eigenvalue weighted by molar-refractivity contribution is -0.111. The average Bonchev–Trinajstić information content (AvgIpc) is 2.61. The van der Waals surface area contributed by atoms with E-state index in [1.165, 1.54) is 37.5 Å². The fraction of sp³-hybridized carbons (Fsp3) is 0.211. The smallest absolute Gasteiger partial charge is 0.248 e. The summed E-state index contributed by atoms with van der Waals surface area (Å²) >= 11 is 12.0. The molecule has 138 valence electrons. The van der Waals surface area contributed by atoms with E-state index >= 15 is 0 Å². The first kappa shape index (κ1) is 20.1. The molecule has 0 radical (unpaired) electrons. The molecule has 0 unspecified atom stereocenters. The number of methoxy groups -OCH3 is 1. The Bertz CT molecular complexity index is 825. The van der Waals surface area contributed by atoms with Crippen LogP contribution < -0.4 is 14.8 Å². The maximum atomic E-state index is 13.6. The van der Waals surface area contributed by atoms with Crippen molar-refractivity contribution in [2.75, 3.05) is 19.0 Å². The summed E-state index contributed by atoms with van der Waals surface area (Å²) in [5, 5.41) is 3.13. The fourth-order valence-electron chi connectivity index (χ4n) is 2.12. The summed E-state index contributed by atoms with van der Waals surface area (Å²) in [7, 11) is 1.51. The molecule has 0 saturated heterocycles. The lowest BCUT2D eigenvalue weighted by Crippen LogP contribution is -2.09. The molecule has 0 spiro atoms. The van der Waals surface area contributed by atoms with Crippen LogP contribution >= 0.6 is 23.2 Å². The molecule has 4 nitrogen and oxygen atoms in total. The van der Waals surface area contributed by atoms with Crippen LogP contribution in [0.2, 0.25) is 10.0 Å². The van der Waals surface area contributed by atoms with Gasteiger partial charge in [0, 0.05) is 11.1 Å². The monoisotopic (exact) mass is 397 g/mol. The number of hydrogen-bond donors (Lipinski definition) is 1. The van der Waals surface area contributed by atoms with Crippen molar-refractivity contribution in [1.29, 1.82) is 0 Å². The molecule has 2 rings (SSSR count). The Morgan fingerprint density at radius 3 is 2.73 bits per heavy atom. The molecule has 0 saturated carbocycles. The number of ether oxygens (including phenoxy) is 2. The third-order valence-corrected chi connectivity index (χ3v) is 3.83. The first-order valence-corrected chi connectivity index (χ1v) is 8.64. The molecule has 0 heterocycles. The zero-order chi connectivity index (χ0) is 19.1. The largest absolute Gasteiger partial charge is 0.493 e. The van der Waals surface area contributed by atoms with E-state index in [-0.39, 0.29) is 5.69 Å².